The molecule has 0 saturated carbocycles. The third-order valence-corrected chi connectivity index (χ3v) is 15.1. The number of esters is 2. The Balaban J connectivity index is 1.16. The first-order chi connectivity index (χ1) is 35.6. The molecular formula is C53H76O23. The average molecular weight is 1080 g/mol. The van der Waals surface area contributed by atoms with Gasteiger partial charge in [0.15, 0.2) is 36.5 Å². The second-order valence-corrected chi connectivity index (χ2v) is 21.4. The molecule has 7 rings (SSSR count). The number of carbonyl (C=O) groups excluding carboxylic acids is 4. The van der Waals surface area contributed by atoms with Gasteiger partial charge in [0.25, 0.3) is 0 Å². The van der Waals surface area contributed by atoms with Crippen LogP contribution in [0, 0.1) is 18.8 Å². The van der Waals surface area contributed by atoms with Crippen LogP contribution in [0.25, 0.3) is 10.8 Å². The van der Waals surface area contributed by atoms with E-state index in [-0.39, 0.29) is 65.3 Å². The maximum absolute atomic E-state index is 15.0. The molecule has 4 aliphatic heterocycles. The van der Waals surface area contributed by atoms with Crippen LogP contribution >= 0.6 is 0 Å². The summed E-state index contributed by atoms with van der Waals surface area (Å²) in [6.45, 7) is 15.4. The summed E-state index contributed by atoms with van der Waals surface area (Å²) in [6.07, 6.45) is -21.4. The van der Waals surface area contributed by atoms with Gasteiger partial charge >= 0.3 is 11.9 Å². The van der Waals surface area contributed by atoms with Crippen molar-refractivity contribution in [2.45, 2.75) is 224 Å². The zero-order valence-electron chi connectivity index (χ0n) is 45.0. The van der Waals surface area contributed by atoms with Gasteiger partial charge in [-0.2, -0.15) is 0 Å². The zero-order chi connectivity index (χ0) is 56.0. The first-order valence-electron chi connectivity index (χ1n) is 25.9. The minimum absolute atomic E-state index is 0.0430. The van der Waals surface area contributed by atoms with Crippen molar-refractivity contribution in [1.29, 1.82) is 0 Å². The monoisotopic (exact) mass is 1080 g/mol. The van der Waals surface area contributed by atoms with Crippen molar-refractivity contribution in [2.24, 2.45) is 11.8 Å². The molecule has 23 nitrogen and oxygen atoms in total. The Bertz CT molecular complexity index is 2400. The van der Waals surface area contributed by atoms with E-state index in [1.165, 1.54) is 61.0 Å². The first-order valence-corrected chi connectivity index (χ1v) is 25.9. The number of Topliss-reactive ketones (excluding diaryl/α,β-unsaturated/α-hetero) is 2. The Hall–Kier alpha value is -4.18. The van der Waals surface area contributed by atoms with E-state index in [1.54, 1.807) is 34.6 Å². The lowest BCUT2D eigenvalue weighted by atomic mass is 9.75. The van der Waals surface area contributed by atoms with Gasteiger partial charge in [-0.15, -0.1) is 0 Å². The standard InChI is InChI=1S/C53H76O23/c1-20(2)52(63)76-51-26(8)70-38(19-53(51,10)64)73-33-17-37(67-23(5)43(33)59)75-50-30(49(66-12)46(62)42(58)22(4)54)14-28-13-29-15-32(21(3)41(57)39(29)44(60)40(28)45(50)61)72-36-18-34(71-27(9)55)48(25(7)69-36)74-35-16-31(56)47(65-11)24(6)68-35/h13,15,20,22-26,30-31,33-38,42-43,47-51,54,56-60,64H,14,16-19H2,1-12H3/t22-,23-,24-,25-,26+,30+,31-,33-,34-,35+,36+,37+,38-,42+,43-,47+,48+,49-,50-,51-,53+/m1/s1. The number of methoxy groups -OCH3 is 2. The molecule has 2 aromatic rings. The van der Waals surface area contributed by atoms with E-state index >= 15 is 4.79 Å². The normalized spacial score (nSPS) is 37.2. The molecule has 21 atom stereocenters. The predicted octanol–water partition coefficient (Wildman–Crippen LogP) is 2.30. The number of ether oxygens (including phenoxy) is 12. The summed E-state index contributed by atoms with van der Waals surface area (Å²) in [7, 11) is 2.66. The van der Waals surface area contributed by atoms with Crippen LogP contribution in [0.2, 0.25) is 0 Å². The Morgan fingerprint density at radius 1 is 0.776 bits per heavy atom. The molecule has 0 aromatic heterocycles. The second kappa shape index (κ2) is 24.0. The van der Waals surface area contributed by atoms with Crippen molar-refractivity contribution in [3.63, 3.8) is 0 Å². The molecule has 4 saturated heterocycles. The maximum atomic E-state index is 15.0. The molecule has 4 heterocycles. The Morgan fingerprint density at radius 3 is 2.00 bits per heavy atom. The van der Waals surface area contributed by atoms with E-state index in [0.29, 0.717) is 0 Å². The summed E-state index contributed by atoms with van der Waals surface area (Å²) >= 11 is 0. The van der Waals surface area contributed by atoms with Crippen molar-refractivity contribution in [1.82, 2.24) is 0 Å². The van der Waals surface area contributed by atoms with Gasteiger partial charge in [0, 0.05) is 58.3 Å². The highest BCUT2D eigenvalue weighted by Crippen LogP contribution is 2.48. The predicted molar refractivity (Wildman–Crippen MR) is 262 cm³/mol. The molecule has 0 spiro atoms. The lowest BCUT2D eigenvalue weighted by Crippen LogP contribution is -2.59. The highest BCUT2D eigenvalue weighted by molar-refractivity contribution is 6.11. The summed E-state index contributed by atoms with van der Waals surface area (Å²) in [6, 6.07) is 3.04. The van der Waals surface area contributed by atoms with Gasteiger partial charge in [-0.05, 0) is 78.0 Å². The number of carbonyl (C=O) groups is 4. The zero-order valence-corrected chi connectivity index (χ0v) is 45.0. The SMILES string of the molecule is CO[C@@H]1[C@H](O)C[C@H](O[C@H]2[C@@H](C)O[C@@H](Oc3cc4cc5c(c(O)c4c(O)c3C)C(=O)[C@H](O[C@H]3C[C@@H](O[C@@H]4C[C@](C)(O)[C@H](OC(=O)C(C)C)[C@H](C)O4)[C@H](O)[C@@H](C)O3)[C@H]([C@@H](OC)C(=O)[C@@H](O)[C@@H](C)O)C5)C[C@H]2OC(C)=O)O[C@@H]1C. The molecule has 426 valence electrons. The lowest BCUT2D eigenvalue weighted by molar-refractivity contribution is -0.322. The molecule has 76 heavy (non-hydrogen) atoms. The van der Waals surface area contributed by atoms with E-state index in [1.807, 2.05) is 0 Å². The maximum Gasteiger partial charge on any atom is 0.308 e. The number of ketones is 2. The fourth-order valence-electron chi connectivity index (χ4n) is 11.1. The minimum atomic E-state index is -1.94. The number of phenols is 2. The summed E-state index contributed by atoms with van der Waals surface area (Å²) in [5.74, 6) is -5.64. The molecular weight excluding hydrogens is 1000 g/mol. The lowest BCUT2D eigenvalue weighted by Gasteiger charge is -2.46. The highest BCUT2D eigenvalue weighted by Gasteiger charge is 2.52. The summed E-state index contributed by atoms with van der Waals surface area (Å²) in [5, 5.41) is 78.5. The number of benzene rings is 2. The number of rotatable bonds is 17. The molecule has 7 N–H and O–H groups in total. The smallest absolute Gasteiger partial charge is 0.308 e. The highest BCUT2D eigenvalue weighted by atomic mass is 16.7. The van der Waals surface area contributed by atoms with E-state index < -0.39 is 169 Å². The van der Waals surface area contributed by atoms with Crippen LogP contribution in [0.5, 0.6) is 17.2 Å². The van der Waals surface area contributed by atoms with Gasteiger partial charge in [0.1, 0.15) is 65.6 Å². The van der Waals surface area contributed by atoms with Crippen molar-refractivity contribution in [3.05, 3.63) is 28.8 Å². The van der Waals surface area contributed by atoms with Gasteiger partial charge in [0.05, 0.1) is 59.6 Å². The Morgan fingerprint density at radius 2 is 1.39 bits per heavy atom. The van der Waals surface area contributed by atoms with Crippen molar-refractivity contribution in [3.8, 4) is 17.2 Å². The topological polar surface area (TPSA) is 321 Å². The number of phenolic OH excluding ortho intramolecular Hbond substituents is 2. The van der Waals surface area contributed by atoms with E-state index in [2.05, 4.69) is 0 Å². The number of aliphatic hydroxyl groups excluding tert-OH is 4. The van der Waals surface area contributed by atoms with Crippen molar-refractivity contribution in [2.75, 3.05) is 14.2 Å². The molecule has 4 fully saturated rings. The van der Waals surface area contributed by atoms with Crippen LogP contribution in [0.4, 0.5) is 0 Å². The molecule has 2 aromatic carbocycles. The third-order valence-electron chi connectivity index (χ3n) is 15.1. The van der Waals surface area contributed by atoms with Gasteiger partial charge in [0.2, 0.25) is 6.29 Å². The molecule has 1 aliphatic carbocycles. The number of aromatic hydroxyl groups is 2. The molecule has 0 bridgehead atoms. The third kappa shape index (κ3) is 12.5. The van der Waals surface area contributed by atoms with E-state index in [4.69, 9.17) is 56.8 Å². The van der Waals surface area contributed by atoms with Crippen LogP contribution in [-0.4, -0.2) is 196 Å². The molecule has 0 unspecified atom stereocenters. The van der Waals surface area contributed by atoms with Crippen LogP contribution in [0.3, 0.4) is 0 Å². The van der Waals surface area contributed by atoms with Crippen molar-refractivity contribution < 1.29 is 112 Å². The number of hydrogen-bond donors (Lipinski definition) is 7. The summed E-state index contributed by atoms with van der Waals surface area (Å²) in [4.78, 5) is 53.8. The number of fused-ring (bicyclic) bond motifs is 2. The second-order valence-electron chi connectivity index (χ2n) is 21.4. The summed E-state index contributed by atoms with van der Waals surface area (Å²) < 4.78 is 72.0. The number of hydrogen-bond acceptors (Lipinski definition) is 23. The van der Waals surface area contributed by atoms with Crippen LogP contribution in [0.15, 0.2) is 12.1 Å². The van der Waals surface area contributed by atoms with Gasteiger partial charge < -0.3 is 92.6 Å². The molecule has 0 radical (unpaired) electrons. The quantitative estimate of drug-likeness (QED) is 0.112. The van der Waals surface area contributed by atoms with Crippen molar-refractivity contribution >= 4 is 34.3 Å². The number of aliphatic hydroxyl groups is 5. The molecule has 0 amide bonds. The van der Waals surface area contributed by atoms with Gasteiger partial charge in [-0.25, -0.2) is 0 Å². The molecule has 23 heteroatoms. The fraction of sp³-hybridized carbons (Fsp3) is 0.736. The van der Waals surface area contributed by atoms with Gasteiger partial charge in [-0.1, -0.05) is 13.8 Å². The first kappa shape index (κ1) is 59.5. The minimum Gasteiger partial charge on any atom is -0.507 e. The van der Waals surface area contributed by atoms with E-state index in [9.17, 15) is 50.1 Å². The largest absolute Gasteiger partial charge is 0.507 e. The van der Waals surface area contributed by atoms with Crippen LogP contribution in [-0.2, 0) is 72.9 Å². The van der Waals surface area contributed by atoms with Gasteiger partial charge in [-0.3, -0.25) is 19.2 Å². The Labute approximate surface area is 440 Å². The van der Waals surface area contributed by atoms with Crippen LogP contribution < -0.4 is 4.74 Å². The van der Waals surface area contributed by atoms with Crippen LogP contribution in [0.1, 0.15) is 109 Å². The summed E-state index contributed by atoms with van der Waals surface area (Å²) in [5.41, 5.74) is -1.53. The Kier molecular flexibility index (Phi) is 18.8. The molecule has 5 aliphatic rings. The average Bonchev–Trinajstić information content (AvgIpc) is 3.32. The van der Waals surface area contributed by atoms with E-state index in [0.717, 1.165) is 0 Å². The fourth-order valence-corrected chi connectivity index (χ4v) is 11.1.